The molecule has 1 aromatic heterocycles. The Morgan fingerprint density at radius 2 is 1.95 bits per heavy atom. The number of aromatic nitrogens is 1. The SMILES string of the molecule is CCc1cc(C(=O)Nc2c(Br)cccc2Br)cc(N)n1. The number of rotatable bonds is 3. The summed E-state index contributed by atoms with van der Waals surface area (Å²) < 4.78 is 1.61. The zero-order valence-corrected chi connectivity index (χ0v) is 14.0. The topological polar surface area (TPSA) is 68.0 Å². The number of nitrogen functional groups attached to an aromatic ring is 1. The van der Waals surface area contributed by atoms with Crippen LogP contribution in [0.25, 0.3) is 0 Å². The van der Waals surface area contributed by atoms with Gasteiger partial charge in [0.25, 0.3) is 5.91 Å². The van der Waals surface area contributed by atoms with Crippen LogP contribution in [0.2, 0.25) is 0 Å². The van der Waals surface area contributed by atoms with E-state index >= 15 is 0 Å². The average Bonchev–Trinajstić information content (AvgIpc) is 2.42. The number of anilines is 2. The van der Waals surface area contributed by atoms with Crippen LogP contribution in [-0.2, 0) is 6.42 Å². The lowest BCUT2D eigenvalue weighted by atomic mass is 10.1. The first kappa shape index (κ1) is 15.0. The quantitative estimate of drug-likeness (QED) is 0.820. The zero-order valence-electron chi connectivity index (χ0n) is 10.8. The van der Waals surface area contributed by atoms with Crippen LogP contribution in [0.3, 0.4) is 0 Å². The molecule has 1 amide bonds. The highest BCUT2D eigenvalue weighted by Crippen LogP contribution is 2.31. The van der Waals surface area contributed by atoms with Crippen LogP contribution < -0.4 is 11.1 Å². The number of amides is 1. The highest BCUT2D eigenvalue weighted by atomic mass is 79.9. The number of nitrogens with two attached hydrogens (primary N) is 1. The Bertz CT molecular complexity index is 639. The predicted octanol–water partition coefficient (Wildman–Crippen LogP) is 4.00. The van der Waals surface area contributed by atoms with Crippen LogP contribution in [-0.4, -0.2) is 10.9 Å². The van der Waals surface area contributed by atoms with Crippen molar-refractivity contribution in [2.24, 2.45) is 0 Å². The lowest BCUT2D eigenvalue weighted by molar-refractivity contribution is 0.102. The molecule has 0 radical (unpaired) electrons. The van der Waals surface area contributed by atoms with Crippen LogP contribution in [0.1, 0.15) is 23.0 Å². The number of pyridine rings is 1. The monoisotopic (exact) mass is 397 g/mol. The van der Waals surface area contributed by atoms with E-state index in [1.807, 2.05) is 25.1 Å². The predicted molar refractivity (Wildman–Crippen MR) is 87.8 cm³/mol. The third-order valence-electron chi connectivity index (χ3n) is 2.72. The highest BCUT2D eigenvalue weighted by molar-refractivity contribution is 9.11. The van der Waals surface area contributed by atoms with Gasteiger partial charge in [0.2, 0.25) is 0 Å². The molecule has 2 aromatic rings. The standard InChI is InChI=1S/C14H13Br2N3O/c1-2-9-6-8(7-12(17)18-9)14(20)19-13-10(15)4-3-5-11(13)16/h3-7H,2H2,1H3,(H2,17,18)(H,19,20). The molecule has 4 nitrogen and oxygen atoms in total. The summed E-state index contributed by atoms with van der Waals surface area (Å²) in [4.78, 5) is 16.5. The van der Waals surface area contributed by atoms with Gasteiger partial charge >= 0.3 is 0 Å². The fourth-order valence-electron chi connectivity index (χ4n) is 1.73. The maximum atomic E-state index is 12.3. The van der Waals surface area contributed by atoms with Crippen molar-refractivity contribution >= 4 is 49.3 Å². The van der Waals surface area contributed by atoms with Crippen molar-refractivity contribution in [1.82, 2.24) is 4.98 Å². The first-order valence-corrected chi connectivity index (χ1v) is 7.61. The zero-order chi connectivity index (χ0) is 14.7. The van der Waals surface area contributed by atoms with Crippen molar-refractivity contribution in [2.45, 2.75) is 13.3 Å². The van der Waals surface area contributed by atoms with Gasteiger partial charge in [-0.05, 0) is 62.5 Å². The number of carbonyl (C=O) groups is 1. The molecule has 2 rings (SSSR count). The Morgan fingerprint density at radius 1 is 1.30 bits per heavy atom. The molecule has 0 spiro atoms. The number of nitrogens with zero attached hydrogens (tertiary/aromatic N) is 1. The number of aryl methyl sites for hydroxylation is 1. The molecule has 1 heterocycles. The first-order chi connectivity index (χ1) is 9.51. The number of benzene rings is 1. The van der Waals surface area contributed by atoms with Gasteiger partial charge in [-0.15, -0.1) is 0 Å². The highest BCUT2D eigenvalue weighted by Gasteiger charge is 2.12. The van der Waals surface area contributed by atoms with Crippen molar-refractivity contribution in [2.75, 3.05) is 11.1 Å². The minimum atomic E-state index is -0.221. The molecule has 0 bridgehead atoms. The van der Waals surface area contributed by atoms with Gasteiger partial charge in [0, 0.05) is 20.2 Å². The van der Waals surface area contributed by atoms with Gasteiger partial charge in [-0.3, -0.25) is 4.79 Å². The third kappa shape index (κ3) is 3.37. The van der Waals surface area contributed by atoms with E-state index in [-0.39, 0.29) is 5.91 Å². The smallest absolute Gasteiger partial charge is 0.255 e. The van der Waals surface area contributed by atoms with Crippen LogP contribution >= 0.6 is 31.9 Å². The van der Waals surface area contributed by atoms with Gasteiger partial charge in [-0.1, -0.05) is 13.0 Å². The minimum Gasteiger partial charge on any atom is -0.384 e. The van der Waals surface area contributed by atoms with Gasteiger partial charge in [0.15, 0.2) is 0 Å². The fraction of sp³-hybridized carbons (Fsp3) is 0.143. The summed E-state index contributed by atoms with van der Waals surface area (Å²) in [5.74, 6) is 0.127. The molecule has 0 saturated carbocycles. The Hall–Kier alpha value is -1.40. The summed E-state index contributed by atoms with van der Waals surface area (Å²) in [6.07, 6.45) is 0.726. The van der Waals surface area contributed by atoms with Gasteiger partial charge < -0.3 is 11.1 Å². The Labute approximate surface area is 134 Å². The van der Waals surface area contributed by atoms with E-state index in [0.29, 0.717) is 17.1 Å². The summed E-state index contributed by atoms with van der Waals surface area (Å²) in [6.45, 7) is 1.97. The maximum Gasteiger partial charge on any atom is 0.255 e. The fourth-order valence-corrected chi connectivity index (χ4v) is 2.92. The van der Waals surface area contributed by atoms with Crippen LogP contribution in [0.4, 0.5) is 11.5 Å². The van der Waals surface area contributed by atoms with Gasteiger partial charge in [-0.2, -0.15) is 0 Å². The molecule has 1 aromatic carbocycles. The van der Waals surface area contributed by atoms with Crippen molar-refractivity contribution in [1.29, 1.82) is 0 Å². The lowest BCUT2D eigenvalue weighted by Crippen LogP contribution is -2.14. The van der Waals surface area contributed by atoms with E-state index in [4.69, 9.17) is 5.73 Å². The third-order valence-corrected chi connectivity index (χ3v) is 4.05. The second-order valence-electron chi connectivity index (χ2n) is 4.18. The largest absolute Gasteiger partial charge is 0.384 e. The number of halogens is 2. The number of carbonyl (C=O) groups excluding carboxylic acids is 1. The van der Waals surface area contributed by atoms with Crippen LogP contribution in [0.15, 0.2) is 39.3 Å². The molecule has 6 heteroatoms. The van der Waals surface area contributed by atoms with Crippen molar-refractivity contribution in [3.05, 3.63) is 50.5 Å². The van der Waals surface area contributed by atoms with Crippen molar-refractivity contribution < 1.29 is 4.79 Å². The molecule has 3 N–H and O–H groups in total. The Kier molecular flexibility index (Phi) is 4.77. The summed E-state index contributed by atoms with van der Waals surface area (Å²) in [5, 5.41) is 2.86. The molecule has 0 saturated heterocycles. The molecular weight excluding hydrogens is 386 g/mol. The summed E-state index contributed by atoms with van der Waals surface area (Å²) in [5.41, 5.74) is 7.69. The van der Waals surface area contributed by atoms with E-state index in [0.717, 1.165) is 21.1 Å². The van der Waals surface area contributed by atoms with E-state index in [9.17, 15) is 4.79 Å². The summed E-state index contributed by atoms with van der Waals surface area (Å²) >= 11 is 6.82. The number of hydrogen-bond acceptors (Lipinski definition) is 3. The van der Waals surface area contributed by atoms with Gasteiger partial charge in [0.05, 0.1) is 5.69 Å². The molecule has 0 aliphatic rings. The van der Waals surface area contributed by atoms with E-state index in [2.05, 4.69) is 42.2 Å². The van der Waals surface area contributed by atoms with E-state index < -0.39 is 0 Å². The first-order valence-electron chi connectivity index (χ1n) is 6.03. The molecule has 0 aliphatic heterocycles. The second kappa shape index (κ2) is 6.37. The lowest BCUT2D eigenvalue weighted by Gasteiger charge is -2.10. The van der Waals surface area contributed by atoms with Gasteiger partial charge in [-0.25, -0.2) is 4.98 Å². The van der Waals surface area contributed by atoms with E-state index in [1.54, 1.807) is 12.1 Å². The number of para-hydroxylation sites is 1. The number of hydrogen-bond donors (Lipinski definition) is 2. The number of nitrogens with one attached hydrogen (secondary N) is 1. The normalized spacial score (nSPS) is 10.3. The molecular formula is C14H13Br2N3O. The molecule has 0 fully saturated rings. The molecule has 0 aliphatic carbocycles. The summed E-state index contributed by atoms with van der Waals surface area (Å²) in [6, 6.07) is 8.91. The minimum absolute atomic E-state index is 0.221. The Morgan fingerprint density at radius 3 is 2.55 bits per heavy atom. The van der Waals surface area contributed by atoms with Crippen molar-refractivity contribution in [3.63, 3.8) is 0 Å². The van der Waals surface area contributed by atoms with Crippen LogP contribution in [0.5, 0.6) is 0 Å². The Balaban J connectivity index is 2.31. The van der Waals surface area contributed by atoms with Crippen molar-refractivity contribution in [3.8, 4) is 0 Å². The van der Waals surface area contributed by atoms with E-state index in [1.165, 1.54) is 0 Å². The molecule has 0 atom stereocenters. The summed E-state index contributed by atoms with van der Waals surface area (Å²) in [7, 11) is 0. The molecule has 0 unspecified atom stereocenters. The van der Waals surface area contributed by atoms with Crippen LogP contribution in [0, 0.1) is 0 Å². The molecule has 104 valence electrons. The maximum absolute atomic E-state index is 12.3. The van der Waals surface area contributed by atoms with Gasteiger partial charge in [0.1, 0.15) is 5.82 Å². The second-order valence-corrected chi connectivity index (χ2v) is 5.89. The average molecular weight is 399 g/mol. The molecule has 20 heavy (non-hydrogen) atoms.